The summed E-state index contributed by atoms with van der Waals surface area (Å²) in [5.41, 5.74) is 1.50. The third kappa shape index (κ3) is 4.20. The molecule has 5 rings (SSSR count). The van der Waals surface area contributed by atoms with Gasteiger partial charge >= 0.3 is 0 Å². The number of ether oxygens (including phenoxy) is 1. The zero-order valence-corrected chi connectivity index (χ0v) is 20.7. The Morgan fingerprint density at radius 3 is 2.71 bits per heavy atom. The van der Waals surface area contributed by atoms with Crippen molar-refractivity contribution in [3.05, 3.63) is 47.5 Å². The van der Waals surface area contributed by atoms with Gasteiger partial charge in [-0.3, -0.25) is 0 Å². The highest BCUT2D eigenvalue weighted by atomic mass is 127. The van der Waals surface area contributed by atoms with Crippen LogP contribution in [0.5, 0.6) is 0 Å². The number of nitrogens with zero attached hydrogens (tertiary/aromatic N) is 4. The van der Waals surface area contributed by atoms with Crippen molar-refractivity contribution in [1.82, 2.24) is 25.4 Å². The Morgan fingerprint density at radius 2 is 2.00 bits per heavy atom. The molecule has 3 atom stereocenters. The molecule has 0 bridgehead atoms. The van der Waals surface area contributed by atoms with Crippen LogP contribution < -0.4 is 10.6 Å². The predicted molar refractivity (Wildman–Crippen MR) is 131 cm³/mol. The summed E-state index contributed by atoms with van der Waals surface area (Å²) < 4.78 is 8.17. The normalized spacial score (nSPS) is 26.3. The van der Waals surface area contributed by atoms with Crippen molar-refractivity contribution in [1.29, 1.82) is 0 Å². The van der Waals surface area contributed by atoms with E-state index >= 15 is 0 Å². The number of hydrogen-bond acceptors (Lipinski definition) is 4. The average Bonchev–Trinajstić information content (AvgIpc) is 3.50. The van der Waals surface area contributed by atoms with Gasteiger partial charge in [0.15, 0.2) is 11.8 Å². The molecule has 0 amide bonds. The minimum atomic E-state index is 0. The molecule has 1 aliphatic heterocycles. The van der Waals surface area contributed by atoms with Crippen molar-refractivity contribution in [3.63, 3.8) is 0 Å². The maximum Gasteiger partial charge on any atom is 0.192 e. The summed E-state index contributed by atoms with van der Waals surface area (Å²) in [4.78, 5) is 4.93. The summed E-state index contributed by atoms with van der Waals surface area (Å²) in [7, 11) is 2.00. The molecule has 2 N–H and O–H groups in total. The van der Waals surface area contributed by atoms with Crippen LogP contribution >= 0.6 is 24.0 Å². The lowest BCUT2D eigenvalue weighted by Gasteiger charge is -2.57. The Labute approximate surface area is 201 Å². The van der Waals surface area contributed by atoms with E-state index < -0.39 is 0 Å². The van der Waals surface area contributed by atoms with Gasteiger partial charge in [-0.15, -0.1) is 34.2 Å². The molecule has 0 radical (unpaired) electrons. The summed E-state index contributed by atoms with van der Waals surface area (Å²) >= 11 is 0. The lowest BCUT2D eigenvalue weighted by atomic mass is 9.54. The van der Waals surface area contributed by atoms with E-state index in [1.807, 2.05) is 24.6 Å². The van der Waals surface area contributed by atoms with Crippen molar-refractivity contribution in [2.45, 2.75) is 64.3 Å². The zero-order chi connectivity index (χ0) is 20.6. The number of aromatic nitrogens is 3. The van der Waals surface area contributed by atoms with E-state index in [1.54, 1.807) is 0 Å². The van der Waals surface area contributed by atoms with Crippen molar-refractivity contribution >= 4 is 29.9 Å². The van der Waals surface area contributed by atoms with Crippen LogP contribution in [0.4, 0.5) is 0 Å². The van der Waals surface area contributed by atoms with Gasteiger partial charge < -0.3 is 19.9 Å². The largest absolute Gasteiger partial charge is 0.377 e. The smallest absolute Gasteiger partial charge is 0.192 e. The number of halogens is 1. The van der Waals surface area contributed by atoms with E-state index in [0.717, 1.165) is 30.6 Å². The summed E-state index contributed by atoms with van der Waals surface area (Å²) in [5.74, 6) is 3.29. The molecule has 1 aromatic carbocycles. The predicted octanol–water partition coefficient (Wildman–Crippen LogP) is 3.32. The lowest BCUT2D eigenvalue weighted by Crippen LogP contribution is -2.69. The van der Waals surface area contributed by atoms with Crippen LogP contribution in [0, 0.1) is 18.3 Å². The number of guanidine groups is 1. The fourth-order valence-corrected chi connectivity index (χ4v) is 5.73. The van der Waals surface area contributed by atoms with Gasteiger partial charge in [-0.1, -0.05) is 43.2 Å². The van der Waals surface area contributed by atoms with Crippen LogP contribution in [0.2, 0.25) is 0 Å². The van der Waals surface area contributed by atoms with Gasteiger partial charge in [-0.2, -0.15) is 0 Å². The van der Waals surface area contributed by atoms with Gasteiger partial charge in [-0.05, 0) is 31.7 Å². The molecule has 2 aromatic rings. The number of nitrogens with one attached hydrogen (secondary N) is 2. The van der Waals surface area contributed by atoms with Crippen molar-refractivity contribution in [2.75, 3.05) is 6.61 Å². The molecule has 3 aliphatic rings. The Bertz CT molecular complexity index is 908. The maximum atomic E-state index is 6.16. The van der Waals surface area contributed by atoms with Crippen LogP contribution in [0.3, 0.4) is 0 Å². The second kappa shape index (κ2) is 9.44. The zero-order valence-electron chi connectivity index (χ0n) is 18.4. The second-order valence-electron chi connectivity index (χ2n) is 9.03. The maximum absolute atomic E-state index is 6.16. The third-order valence-corrected chi connectivity index (χ3v) is 7.44. The topological polar surface area (TPSA) is 76.4 Å². The molecule has 1 saturated heterocycles. The first-order valence-corrected chi connectivity index (χ1v) is 11.2. The van der Waals surface area contributed by atoms with Crippen LogP contribution in [-0.2, 0) is 24.9 Å². The summed E-state index contributed by atoms with van der Waals surface area (Å²) in [6.45, 7) is 4.12. The Morgan fingerprint density at radius 1 is 1.23 bits per heavy atom. The molecule has 7 nitrogen and oxygen atoms in total. The SMILES string of the molecule is Cc1nnc(CNC(=NCc2ccccc2)NC2C3CCOC3C23CCCC3)n1C.I. The van der Waals surface area contributed by atoms with Crippen LogP contribution in [0.1, 0.15) is 49.3 Å². The highest BCUT2D eigenvalue weighted by molar-refractivity contribution is 14.0. The Kier molecular flexibility index (Phi) is 6.86. The molecule has 3 unspecified atom stereocenters. The molecule has 2 aliphatic carbocycles. The number of fused-ring (bicyclic) bond motifs is 2. The second-order valence-corrected chi connectivity index (χ2v) is 9.03. The highest BCUT2D eigenvalue weighted by Crippen LogP contribution is 2.60. The summed E-state index contributed by atoms with van der Waals surface area (Å²) in [5, 5.41) is 15.8. The molecule has 1 aromatic heterocycles. The first-order chi connectivity index (χ1) is 14.7. The van der Waals surface area contributed by atoms with Crippen molar-refractivity contribution < 1.29 is 4.74 Å². The number of aliphatic imine (C=N–C) groups is 1. The molecule has 8 heteroatoms. The minimum absolute atomic E-state index is 0. The standard InChI is InChI=1S/C23H32N6O.HI/c1-16-27-28-19(29(16)2)15-25-22(24-14-17-8-4-3-5-9-17)26-20-18-10-13-30-21(18)23(20)11-6-7-12-23;/h3-5,8-9,18,20-21H,6-7,10-15H2,1-2H3,(H2,24,25,26);1H. The molecule has 1 spiro atoms. The van der Waals surface area contributed by atoms with E-state index in [1.165, 1.54) is 31.2 Å². The quantitative estimate of drug-likeness (QED) is 0.349. The van der Waals surface area contributed by atoms with E-state index in [-0.39, 0.29) is 29.4 Å². The number of benzene rings is 1. The monoisotopic (exact) mass is 536 g/mol. The first-order valence-electron chi connectivity index (χ1n) is 11.2. The fraction of sp³-hybridized carbons (Fsp3) is 0.609. The van der Waals surface area contributed by atoms with E-state index in [9.17, 15) is 0 Å². The van der Waals surface area contributed by atoms with Gasteiger partial charge in [0, 0.05) is 31.0 Å². The first kappa shape index (κ1) is 22.5. The van der Waals surface area contributed by atoms with Crippen LogP contribution in [-0.4, -0.2) is 39.5 Å². The van der Waals surface area contributed by atoms with Crippen molar-refractivity contribution in [2.24, 2.45) is 23.4 Å². The molecule has 2 saturated carbocycles. The number of rotatable bonds is 5. The minimum Gasteiger partial charge on any atom is -0.377 e. The van der Waals surface area contributed by atoms with E-state index in [0.29, 0.717) is 31.2 Å². The molecule has 2 heterocycles. The summed E-state index contributed by atoms with van der Waals surface area (Å²) in [6, 6.07) is 10.8. The number of hydrogen-bond donors (Lipinski definition) is 2. The molecule has 3 fully saturated rings. The molecule has 31 heavy (non-hydrogen) atoms. The van der Waals surface area contributed by atoms with Gasteiger partial charge in [0.2, 0.25) is 0 Å². The van der Waals surface area contributed by atoms with Gasteiger partial charge in [0.25, 0.3) is 0 Å². The molecular weight excluding hydrogens is 503 g/mol. The highest BCUT2D eigenvalue weighted by Gasteiger charge is 2.65. The van der Waals surface area contributed by atoms with Crippen molar-refractivity contribution in [3.8, 4) is 0 Å². The van der Waals surface area contributed by atoms with Crippen LogP contribution in [0.25, 0.3) is 0 Å². The lowest BCUT2D eigenvalue weighted by molar-refractivity contribution is -0.125. The Balaban J connectivity index is 0.00000231. The fourth-order valence-electron chi connectivity index (χ4n) is 5.73. The average molecular weight is 536 g/mol. The van der Waals surface area contributed by atoms with E-state index in [2.05, 4.69) is 45.1 Å². The Hall–Kier alpha value is -1.68. The third-order valence-electron chi connectivity index (χ3n) is 7.44. The van der Waals surface area contributed by atoms with Crippen LogP contribution in [0.15, 0.2) is 35.3 Å². The summed E-state index contributed by atoms with van der Waals surface area (Å²) in [6.07, 6.45) is 6.74. The van der Waals surface area contributed by atoms with Gasteiger partial charge in [0.05, 0.1) is 19.2 Å². The number of aryl methyl sites for hydroxylation is 1. The molecule has 168 valence electrons. The van der Waals surface area contributed by atoms with Gasteiger partial charge in [0.1, 0.15) is 5.82 Å². The van der Waals surface area contributed by atoms with Gasteiger partial charge in [-0.25, -0.2) is 4.99 Å². The molecular formula is C23H33IN6O. The van der Waals surface area contributed by atoms with E-state index in [4.69, 9.17) is 9.73 Å².